The van der Waals surface area contributed by atoms with Crippen LogP contribution in [0.5, 0.6) is 11.5 Å². The van der Waals surface area contributed by atoms with Gasteiger partial charge in [-0.05, 0) is 72.9 Å². The van der Waals surface area contributed by atoms with Crippen molar-refractivity contribution < 1.29 is 24.5 Å². The number of aliphatic hydroxyl groups excluding tert-OH is 1. The Morgan fingerprint density at radius 3 is 1.82 bits per heavy atom. The van der Waals surface area contributed by atoms with Crippen molar-refractivity contribution in [1.82, 2.24) is 0 Å². The lowest BCUT2D eigenvalue weighted by Crippen LogP contribution is -2.32. The highest BCUT2D eigenvalue weighted by Crippen LogP contribution is 2.41. The third kappa shape index (κ3) is 6.75. The first kappa shape index (κ1) is 27.7. The fraction of sp³-hybridized carbons (Fsp3) is 0.552. The van der Waals surface area contributed by atoms with E-state index in [0.717, 1.165) is 35.5 Å². The molecule has 188 valence electrons. The minimum atomic E-state index is -0.802. The van der Waals surface area contributed by atoms with Gasteiger partial charge in [-0.1, -0.05) is 58.9 Å². The van der Waals surface area contributed by atoms with Crippen LogP contribution in [0.3, 0.4) is 0 Å². The molecule has 0 aliphatic carbocycles. The summed E-state index contributed by atoms with van der Waals surface area (Å²) in [6, 6.07) is 12.7. The standard InChI is InChI=1S/C29H42O5/c1-8-29(9-2,22-12-14-24(20(3)17-22)33-16-10-11-27(31)32)23-13-15-25(21(4)18-23)34-19-26(30)28(5,6)7/h12-15,17-18,26,30H,8-11,16,19H2,1-7H3,(H,31,32). The van der Waals surface area contributed by atoms with E-state index in [0.29, 0.717) is 13.0 Å². The lowest BCUT2D eigenvalue weighted by Gasteiger charge is -2.34. The highest BCUT2D eigenvalue weighted by Gasteiger charge is 2.32. The number of carboxylic acids is 1. The molecule has 34 heavy (non-hydrogen) atoms. The van der Waals surface area contributed by atoms with Crippen molar-refractivity contribution in [2.24, 2.45) is 5.41 Å². The van der Waals surface area contributed by atoms with E-state index in [1.165, 1.54) is 11.1 Å². The maximum Gasteiger partial charge on any atom is 0.303 e. The number of carbonyl (C=O) groups is 1. The van der Waals surface area contributed by atoms with Crippen LogP contribution in [-0.2, 0) is 10.2 Å². The van der Waals surface area contributed by atoms with E-state index in [9.17, 15) is 9.90 Å². The van der Waals surface area contributed by atoms with Gasteiger partial charge in [0.15, 0.2) is 0 Å². The summed E-state index contributed by atoms with van der Waals surface area (Å²) < 4.78 is 11.8. The zero-order valence-electron chi connectivity index (χ0n) is 21.9. The van der Waals surface area contributed by atoms with Gasteiger partial charge >= 0.3 is 5.97 Å². The fourth-order valence-electron chi connectivity index (χ4n) is 4.28. The van der Waals surface area contributed by atoms with Crippen molar-refractivity contribution in [2.75, 3.05) is 13.2 Å². The predicted molar refractivity (Wildman–Crippen MR) is 137 cm³/mol. The number of aliphatic hydroxyl groups is 1. The van der Waals surface area contributed by atoms with Crippen LogP contribution in [0.4, 0.5) is 0 Å². The third-order valence-electron chi connectivity index (χ3n) is 6.85. The summed E-state index contributed by atoms with van der Waals surface area (Å²) in [6.07, 6.45) is 1.96. The molecule has 5 heteroatoms. The van der Waals surface area contributed by atoms with Gasteiger partial charge in [0.1, 0.15) is 18.1 Å². The number of aryl methyl sites for hydroxylation is 2. The number of rotatable bonds is 12. The van der Waals surface area contributed by atoms with E-state index in [4.69, 9.17) is 14.6 Å². The maximum atomic E-state index is 10.7. The summed E-state index contributed by atoms with van der Waals surface area (Å²) in [6.45, 7) is 15.2. The van der Waals surface area contributed by atoms with Crippen molar-refractivity contribution in [3.05, 3.63) is 58.7 Å². The second-order valence-corrected chi connectivity index (χ2v) is 10.3. The molecule has 1 atom stereocenters. The number of aliphatic carboxylic acids is 1. The molecule has 1 unspecified atom stereocenters. The summed E-state index contributed by atoms with van der Waals surface area (Å²) in [5, 5.41) is 19.1. The SMILES string of the molecule is CCC(CC)(c1ccc(OCCCC(=O)O)c(C)c1)c1ccc(OCC(O)C(C)(C)C)c(C)c1. The molecule has 2 N–H and O–H groups in total. The highest BCUT2D eigenvalue weighted by atomic mass is 16.5. The Morgan fingerprint density at radius 2 is 1.41 bits per heavy atom. The molecule has 0 heterocycles. The normalized spacial score (nSPS) is 12.9. The number of hydrogen-bond donors (Lipinski definition) is 2. The first-order valence-corrected chi connectivity index (χ1v) is 12.3. The van der Waals surface area contributed by atoms with Crippen molar-refractivity contribution in [3.63, 3.8) is 0 Å². The largest absolute Gasteiger partial charge is 0.493 e. The van der Waals surface area contributed by atoms with Gasteiger partial charge in [0.2, 0.25) is 0 Å². The Labute approximate surface area is 205 Å². The molecule has 0 bridgehead atoms. The minimum Gasteiger partial charge on any atom is -0.493 e. The van der Waals surface area contributed by atoms with Gasteiger partial charge < -0.3 is 19.7 Å². The molecule has 5 nitrogen and oxygen atoms in total. The lowest BCUT2D eigenvalue weighted by atomic mass is 9.70. The van der Waals surface area contributed by atoms with E-state index in [2.05, 4.69) is 45.0 Å². The van der Waals surface area contributed by atoms with Gasteiger partial charge in [0.05, 0.1) is 12.7 Å². The van der Waals surface area contributed by atoms with E-state index < -0.39 is 12.1 Å². The first-order valence-electron chi connectivity index (χ1n) is 12.3. The minimum absolute atomic E-state index is 0.111. The Balaban J connectivity index is 2.26. The number of carboxylic acid groups (broad SMARTS) is 1. The van der Waals surface area contributed by atoms with Crippen LogP contribution in [0.1, 0.15) is 82.6 Å². The van der Waals surface area contributed by atoms with E-state index in [-0.39, 0.29) is 23.9 Å². The highest BCUT2D eigenvalue weighted by molar-refractivity contribution is 5.66. The van der Waals surface area contributed by atoms with Gasteiger partial charge in [0.25, 0.3) is 0 Å². The van der Waals surface area contributed by atoms with Gasteiger partial charge in [-0.15, -0.1) is 0 Å². The van der Waals surface area contributed by atoms with Crippen LogP contribution in [0.25, 0.3) is 0 Å². The van der Waals surface area contributed by atoms with Crippen molar-refractivity contribution in [3.8, 4) is 11.5 Å². The monoisotopic (exact) mass is 470 g/mol. The Kier molecular flexibility index (Phi) is 9.57. The van der Waals surface area contributed by atoms with Crippen molar-refractivity contribution in [1.29, 1.82) is 0 Å². The molecule has 0 radical (unpaired) electrons. The summed E-state index contributed by atoms with van der Waals surface area (Å²) in [4.78, 5) is 10.7. The summed E-state index contributed by atoms with van der Waals surface area (Å²) in [5.41, 5.74) is 4.22. The second-order valence-electron chi connectivity index (χ2n) is 10.3. The summed E-state index contributed by atoms with van der Waals surface area (Å²) >= 11 is 0. The molecule has 2 aromatic carbocycles. The average molecular weight is 471 g/mol. The van der Waals surface area contributed by atoms with Crippen LogP contribution < -0.4 is 9.47 Å². The van der Waals surface area contributed by atoms with Crippen LogP contribution in [-0.4, -0.2) is 35.5 Å². The topological polar surface area (TPSA) is 76.0 Å². The molecule has 0 aliphatic heterocycles. The molecule has 2 rings (SSSR count). The van der Waals surface area contributed by atoms with E-state index in [1.54, 1.807) is 0 Å². The molecule has 0 saturated carbocycles. The van der Waals surface area contributed by atoms with Gasteiger partial charge in [-0.2, -0.15) is 0 Å². The lowest BCUT2D eigenvalue weighted by molar-refractivity contribution is -0.137. The number of benzene rings is 2. The summed E-state index contributed by atoms with van der Waals surface area (Å²) in [5.74, 6) is 0.797. The van der Waals surface area contributed by atoms with Crippen LogP contribution in [0.2, 0.25) is 0 Å². The molecule has 0 spiro atoms. The zero-order chi connectivity index (χ0) is 25.5. The molecule has 0 fully saturated rings. The van der Waals surface area contributed by atoms with Crippen molar-refractivity contribution in [2.45, 2.75) is 85.7 Å². The van der Waals surface area contributed by atoms with Crippen molar-refractivity contribution >= 4 is 5.97 Å². The average Bonchev–Trinajstić information content (AvgIpc) is 2.77. The van der Waals surface area contributed by atoms with Gasteiger partial charge in [-0.3, -0.25) is 4.79 Å². The Morgan fingerprint density at radius 1 is 0.912 bits per heavy atom. The predicted octanol–water partition coefficient (Wildman–Crippen LogP) is 6.44. The maximum absolute atomic E-state index is 10.7. The van der Waals surface area contributed by atoms with E-state index in [1.807, 2.05) is 39.8 Å². The Bertz CT molecular complexity index is 953. The zero-order valence-corrected chi connectivity index (χ0v) is 21.9. The van der Waals surface area contributed by atoms with Crippen LogP contribution >= 0.6 is 0 Å². The molecule has 0 aliphatic rings. The number of hydrogen-bond acceptors (Lipinski definition) is 4. The molecule has 0 amide bonds. The molecular formula is C29H42O5. The first-order chi connectivity index (χ1) is 15.9. The molecule has 0 aromatic heterocycles. The number of ether oxygens (including phenoxy) is 2. The fourth-order valence-corrected chi connectivity index (χ4v) is 4.28. The summed E-state index contributed by atoms with van der Waals surface area (Å²) in [7, 11) is 0. The Hall–Kier alpha value is -2.53. The van der Waals surface area contributed by atoms with Gasteiger partial charge in [0, 0.05) is 11.8 Å². The smallest absolute Gasteiger partial charge is 0.303 e. The van der Waals surface area contributed by atoms with E-state index >= 15 is 0 Å². The molecule has 2 aromatic rings. The second kappa shape index (κ2) is 11.7. The third-order valence-corrected chi connectivity index (χ3v) is 6.85. The van der Waals surface area contributed by atoms with Crippen LogP contribution in [0.15, 0.2) is 36.4 Å². The molecule has 0 saturated heterocycles. The van der Waals surface area contributed by atoms with Crippen LogP contribution in [0, 0.1) is 19.3 Å². The quantitative estimate of drug-likeness (QED) is 0.349. The molecular weight excluding hydrogens is 428 g/mol. The van der Waals surface area contributed by atoms with Gasteiger partial charge in [-0.25, -0.2) is 0 Å².